The Bertz CT molecular complexity index is 1460. The van der Waals surface area contributed by atoms with Gasteiger partial charge in [-0.05, 0) is 34.9 Å². The van der Waals surface area contributed by atoms with Crippen LogP contribution in [0, 0.1) is 10.2 Å². The third-order valence-electron chi connectivity index (χ3n) is 6.10. The Kier molecular flexibility index (Phi) is 6.65. The van der Waals surface area contributed by atoms with E-state index in [9.17, 15) is 0 Å². The van der Waals surface area contributed by atoms with E-state index >= 15 is 0 Å². The normalized spacial score (nSPS) is 13.8. The minimum absolute atomic E-state index is 0.149. The molecule has 5 nitrogen and oxygen atoms in total. The van der Waals surface area contributed by atoms with E-state index in [1.807, 2.05) is 6.07 Å². The zero-order valence-corrected chi connectivity index (χ0v) is 19.8. The van der Waals surface area contributed by atoms with Crippen LogP contribution in [0.1, 0.15) is 22.6 Å². The Hall–Kier alpha value is -3.84. The first-order valence-corrected chi connectivity index (χ1v) is 12.5. The van der Waals surface area contributed by atoms with E-state index in [1.165, 1.54) is 33.4 Å². The number of halogens is 1. The van der Waals surface area contributed by atoms with Gasteiger partial charge in [-0.15, -0.1) is 10.2 Å². The predicted molar refractivity (Wildman–Crippen MR) is 127 cm³/mol. The third-order valence-corrected chi connectivity index (χ3v) is 6.10. The molecule has 1 unspecified atom stereocenters. The summed E-state index contributed by atoms with van der Waals surface area (Å²) in [5.41, 5.74) is 8.54. The SMILES string of the molecule is [O-][Cl+3]([O-])([O-])[O-].c1ccc(-c2cc(-c3ccccc3)c3c([o+]2)-c2ccccc2C3c2ccccc2)cc1. The molecule has 0 radical (unpaired) electrons. The Labute approximate surface area is 210 Å². The van der Waals surface area contributed by atoms with Gasteiger partial charge in [0, 0.05) is 11.5 Å². The van der Waals surface area contributed by atoms with E-state index in [4.69, 9.17) is 23.1 Å². The molecular weight excluding hydrogens is 476 g/mol. The maximum Gasteiger partial charge on any atom is 0.365 e. The first kappa shape index (κ1) is 23.9. The van der Waals surface area contributed by atoms with Crippen molar-refractivity contribution in [2.45, 2.75) is 5.92 Å². The molecule has 0 fully saturated rings. The van der Waals surface area contributed by atoms with Crippen LogP contribution in [-0.4, -0.2) is 0 Å². The molecule has 1 aromatic heterocycles. The Morgan fingerprint density at radius 1 is 0.556 bits per heavy atom. The van der Waals surface area contributed by atoms with Gasteiger partial charge in [-0.3, -0.25) is 0 Å². The van der Waals surface area contributed by atoms with E-state index in [2.05, 4.69) is 115 Å². The summed E-state index contributed by atoms with van der Waals surface area (Å²) >= 11 is 0. The van der Waals surface area contributed by atoms with Gasteiger partial charge in [0.2, 0.25) is 0 Å². The highest BCUT2D eigenvalue weighted by Gasteiger charge is 2.41. The predicted octanol–water partition coefficient (Wildman–Crippen LogP) is 3.30. The van der Waals surface area contributed by atoms with E-state index in [1.54, 1.807) is 0 Å². The molecule has 0 aliphatic heterocycles. The van der Waals surface area contributed by atoms with Crippen molar-refractivity contribution in [1.82, 2.24) is 0 Å². The van der Waals surface area contributed by atoms with Crippen LogP contribution < -0.4 is 18.6 Å². The zero-order valence-electron chi connectivity index (χ0n) is 19.0. The molecule has 1 heterocycles. The van der Waals surface area contributed by atoms with E-state index in [-0.39, 0.29) is 5.92 Å². The number of rotatable bonds is 3. The maximum absolute atomic E-state index is 8.49. The fraction of sp³-hybridized carbons (Fsp3) is 0.0333. The van der Waals surface area contributed by atoms with Gasteiger partial charge in [-0.1, -0.05) is 97.1 Å². The topological polar surface area (TPSA) is 104 Å². The third kappa shape index (κ3) is 5.06. The second kappa shape index (κ2) is 10.0. The molecule has 0 N–H and O–H groups in total. The van der Waals surface area contributed by atoms with Crippen molar-refractivity contribution in [3.05, 3.63) is 138 Å². The van der Waals surface area contributed by atoms with Crippen molar-refractivity contribution < 1.29 is 33.3 Å². The molecule has 4 aromatic carbocycles. The lowest BCUT2D eigenvalue weighted by Gasteiger charge is -2.17. The molecule has 1 atom stereocenters. The highest BCUT2D eigenvalue weighted by molar-refractivity contribution is 5.86. The smallest absolute Gasteiger partial charge is 0.222 e. The average Bonchev–Trinajstić information content (AvgIpc) is 3.23. The molecule has 0 amide bonds. The second-order valence-corrected chi connectivity index (χ2v) is 9.06. The molecule has 6 heteroatoms. The minimum atomic E-state index is -4.94. The number of fused-ring (bicyclic) bond motifs is 3. The standard InChI is InChI=1S/C30H21O.ClHO4/c1-4-12-21(13-5-1)26-20-27(22-14-6-2-7-15-22)31-30-25-19-11-10-18-24(25)28(29(26)30)23-16-8-3-9-17-23;2-1(3,4)5/h1-20,28H;(H,2,3,4,5)/q+1;/p-1. The van der Waals surface area contributed by atoms with Crippen LogP contribution in [-0.2, 0) is 0 Å². The van der Waals surface area contributed by atoms with Gasteiger partial charge in [0.1, 0.15) is 0 Å². The Morgan fingerprint density at radius 2 is 1.06 bits per heavy atom. The van der Waals surface area contributed by atoms with Crippen molar-refractivity contribution in [2.75, 3.05) is 0 Å². The summed E-state index contributed by atoms with van der Waals surface area (Å²) in [5.74, 6) is 2.02. The molecule has 36 heavy (non-hydrogen) atoms. The van der Waals surface area contributed by atoms with Crippen LogP contribution >= 0.6 is 0 Å². The van der Waals surface area contributed by atoms with E-state index < -0.39 is 10.2 Å². The van der Waals surface area contributed by atoms with Crippen molar-refractivity contribution in [3.8, 4) is 33.8 Å². The highest BCUT2D eigenvalue weighted by atomic mass is 35.7. The number of hydrogen-bond acceptors (Lipinski definition) is 4. The summed E-state index contributed by atoms with van der Waals surface area (Å²) in [5, 5.41) is 0. The summed E-state index contributed by atoms with van der Waals surface area (Å²) in [6, 6.07) is 42.6. The summed E-state index contributed by atoms with van der Waals surface area (Å²) in [4.78, 5) is 0. The van der Waals surface area contributed by atoms with Gasteiger partial charge in [0.15, 0.2) is 0 Å². The minimum Gasteiger partial charge on any atom is -0.222 e. The molecule has 0 saturated heterocycles. The molecule has 5 aromatic rings. The lowest BCUT2D eigenvalue weighted by atomic mass is 9.85. The summed E-state index contributed by atoms with van der Waals surface area (Å²) in [7, 11) is -4.94. The monoisotopic (exact) mass is 496 g/mol. The van der Waals surface area contributed by atoms with Gasteiger partial charge < -0.3 is 0 Å². The van der Waals surface area contributed by atoms with Crippen LogP contribution in [0.3, 0.4) is 0 Å². The summed E-state index contributed by atoms with van der Waals surface area (Å²) in [6.07, 6.45) is 0. The van der Waals surface area contributed by atoms with Crippen molar-refractivity contribution >= 4 is 0 Å². The van der Waals surface area contributed by atoms with Gasteiger partial charge in [-0.2, -0.15) is 0 Å². The van der Waals surface area contributed by atoms with Crippen LogP contribution in [0.15, 0.2) is 126 Å². The lowest BCUT2D eigenvalue weighted by Crippen LogP contribution is -2.68. The molecule has 6 rings (SSSR count). The van der Waals surface area contributed by atoms with E-state index in [0.29, 0.717) is 0 Å². The maximum atomic E-state index is 8.49. The van der Waals surface area contributed by atoms with Crippen molar-refractivity contribution in [2.24, 2.45) is 0 Å². The Balaban J connectivity index is 0.000000489. The molecule has 178 valence electrons. The average molecular weight is 497 g/mol. The van der Waals surface area contributed by atoms with E-state index in [0.717, 1.165) is 17.1 Å². The summed E-state index contributed by atoms with van der Waals surface area (Å²) < 4.78 is 40.6. The highest BCUT2D eigenvalue weighted by Crippen LogP contribution is 2.52. The molecule has 0 spiro atoms. The largest absolute Gasteiger partial charge is 0.365 e. The first-order chi connectivity index (χ1) is 17.4. The Morgan fingerprint density at radius 3 is 1.67 bits per heavy atom. The van der Waals surface area contributed by atoms with Crippen molar-refractivity contribution in [3.63, 3.8) is 0 Å². The number of benzene rings is 4. The van der Waals surface area contributed by atoms with Crippen LogP contribution in [0.2, 0.25) is 0 Å². The fourth-order valence-corrected chi connectivity index (χ4v) is 4.72. The lowest BCUT2D eigenvalue weighted by molar-refractivity contribution is -2.00. The van der Waals surface area contributed by atoms with Crippen LogP contribution in [0.25, 0.3) is 33.8 Å². The molecule has 1 aliphatic carbocycles. The first-order valence-electron chi connectivity index (χ1n) is 11.3. The molecule has 1 aliphatic rings. The van der Waals surface area contributed by atoms with Gasteiger partial charge in [0.05, 0.1) is 22.8 Å². The fourth-order valence-electron chi connectivity index (χ4n) is 4.72. The van der Waals surface area contributed by atoms with Crippen LogP contribution in [0.4, 0.5) is 0 Å². The van der Waals surface area contributed by atoms with Gasteiger partial charge >= 0.3 is 11.5 Å². The van der Waals surface area contributed by atoms with Crippen LogP contribution in [0.5, 0.6) is 0 Å². The molecule has 0 saturated carbocycles. The zero-order chi connectivity index (χ0) is 25.1. The number of hydrogen-bond donors (Lipinski definition) is 0. The summed E-state index contributed by atoms with van der Waals surface area (Å²) in [6.45, 7) is 0. The van der Waals surface area contributed by atoms with Crippen molar-refractivity contribution in [1.29, 1.82) is 0 Å². The second-order valence-electron chi connectivity index (χ2n) is 8.31. The van der Waals surface area contributed by atoms with Gasteiger partial charge in [-0.25, -0.2) is 23.1 Å². The molecule has 0 bridgehead atoms. The van der Waals surface area contributed by atoms with Gasteiger partial charge in [0.25, 0.3) is 0 Å². The molecular formula is C30H21ClO5. The quantitative estimate of drug-likeness (QED) is 0.350.